The van der Waals surface area contributed by atoms with Crippen molar-refractivity contribution in [3.8, 4) is 0 Å². The number of hydrogen-bond donors (Lipinski definition) is 0. The monoisotopic (exact) mass is 407 g/mol. The van der Waals surface area contributed by atoms with Gasteiger partial charge in [-0.1, -0.05) is 6.07 Å². The second kappa shape index (κ2) is 6.49. The number of pyridine rings is 1. The normalized spacial score (nSPS) is 35.1. The van der Waals surface area contributed by atoms with Crippen LogP contribution >= 0.6 is 0 Å². The van der Waals surface area contributed by atoms with E-state index >= 15 is 0 Å². The van der Waals surface area contributed by atoms with E-state index in [4.69, 9.17) is 0 Å². The van der Waals surface area contributed by atoms with Gasteiger partial charge in [-0.3, -0.25) is 4.79 Å². The minimum atomic E-state index is -0.237. The van der Waals surface area contributed by atoms with Crippen LogP contribution < -0.4 is 4.90 Å². The summed E-state index contributed by atoms with van der Waals surface area (Å²) in [4.78, 5) is 24.7. The zero-order chi connectivity index (χ0) is 20.3. The van der Waals surface area contributed by atoms with Crippen LogP contribution in [0.1, 0.15) is 44.3 Å². The lowest BCUT2D eigenvalue weighted by Crippen LogP contribution is -2.63. The molecule has 0 N–H and O–H groups in total. The summed E-state index contributed by atoms with van der Waals surface area (Å²) in [7, 11) is 0. The van der Waals surface area contributed by atoms with Gasteiger partial charge in [0.25, 0.3) is 0 Å². The summed E-state index contributed by atoms with van der Waals surface area (Å²) in [5.41, 5.74) is -0.352. The molecule has 7 rings (SSSR count). The maximum atomic E-state index is 13.9. The summed E-state index contributed by atoms with van der Waals surface area (Å²) in [5.74, 6) is 3.31. The van der Waals surface area contributed by atoms with Gasteiger partial charge in [0.1, 0.15) is 5.82 Å². The minimum absolute atomic E-state index is 0.114. The maximum absolute atomic E-state index is 13.9. The van der Waals surface area contributed by atoms with Crippen LogP contribution in [0, 0.1) is 24.2 Å². The third kappa shape index (κ3) is 2.76. The summed E-state index contributed by atoms with van der Waals surface area (Å²) >= 11 is 0. The molecule has 0 radical (unpaired) electrons. The number of amides is 1. The molecule has 1 saturated heterocycles. The van der Waals surface area contributed by atoms with Crippen LogP contribution in [0.5, 0.6) is 0 Å². The lowest BCUT2D eigenvalue weighted by molar-refractivity contribution is -0.168. The standard InChI is InChI=1S/C22H29N7O/c1-16-24-26-29(25-16)22-13-17-10-18(14-22)12-21(11-17,15-22)20(30)28-8-6-27(7-9-28)19-4-2-3-5-23-19/h2-5,17-18H,6-15H2,1H3. The molecule has 5 aliphatic rings. The number of rotatable bonds is 3. The smallest absolute Gasteiger partial charge is 0.229 e. The summed E-state index contributed by atoms with van der Waals surface area (Å²) in [5, 5.41) is 13.1. The molecule has 2 atom stereocenters. The van der Waals surface area contributed by atoms with E-state index in [1.165, 1.54) is 6.42 Å². The molecule has 2 aromatic heterocycles. The van der Waals surface area contributed by atoms with Crippen LogP contribution in [0.4, 0.5) is 5.82 Å². The van der Waals surface area contributed by atoms with Crippen molar-refractivity contribution in [3.63, 3.8) is 0 Å². The van der Waals surface area contributed by atoms with Crippen molar-refractivity contribution in [1.29, 1.82) is 0 Å². The third-order valence-electron chi connectivity index (χ3n) is 7.96. The predicted octanol–water partition coefficient (Wildman–Crippen LogP) is 2.02. The van der Waals surface area contributed by atoms with Crippen LogP contribution in [0.25, 0.3) is 0 Å². The highest BCUT2D eigenvalue weighted by atomic mass is 16.2. The molecule has 3 heterocycles. The van der Waals surface area contributed by atoms with Crippen LogP contribution in [-0.4, -0.2) is 62.2 Å². The molecule has 4 bridgehead atoms. The first-order chi connectivity index (χ1) is 14.6. The lowest BCUT2D eigenvalue weighted by Gasteiger charge is -2.61. The zero-order valence-electron chi connectivity index (χ0n) is 17.6. The van der Waals surface area contributed by atoms with Crippen molar-refractivity contribution in [1.82, 2.24) is 30.1 Å². The fourth-order valence-corrected chi connectivity index (χ4v) is 7.20. The van der Waals surface area contributed by atoms with Gasteiger partial charge >= 0.3 is 0 Å². The Morgan fingerprint density at radius 1 is 1.07 bits per heavy atom. The maximum Gasteiger partial charge on any atom is 0.229 e. The molecule has 1 aliphatic heterocycles. The van der Waals surface area contributed by atoms with Gasteiger partial charge in [-0.2, -0.15) is 4.80 Å². The van der Waals surface area contributed by atoms with Gasteiger partial charge in [0.15, 0.2) is 5.82 Å². The Bertz CT molecular complexity index is 935. The van der Waals surface area contributed by atoms with E-state index in [1.54, 1.807) is 0 Å². The minimum Gasteiger partial charge on any atom is -0.353 e. The van der Waals surface area contributed by atoms with Gasteiger partial charge in [0.05, 0.1) is 11.0 Å². The number of anilines is 1. The molecule has 0 aromatic carbocycles. The number of piperazine rings is 1. The first kappa shape index (κ1) is 18.3. The fraction of sp³-hybridized carbons (Fsp3) is 0.682. The van der Waals surface area contributed by atoms with Crippen molar-refractivity contribution in [2.45, 2.75) is 51.0 Å². The van der Waals surface area contributed by atoms with E-state index in [0.29, 0.717) is 17.7 Å². The van der Waals surface area contributed by atoms with Crippen LogP contribution in [0.15, 0.2) is 24.4 Å². The Labute approximate surface area is 176 Å². The van der Waals surface area contributed by atoms with Gasteiger partial charge in [0, 0.05) is 32.4 Å². The molecule has 2 aromatic rings. The quantitative estimate of drug-likeness (QED) is 0.774. The van der Waals surface area contributed by atoms with Gasteiger partial charge in [-0.25, -0.2) is 4.98 Å². The third-order valence-corrected chi connectivity index (χ3v) is 7.96. The van der Waals surface area contributed by atoms with Crippen LogP contribution in [0.2, 0.25) is 0 Å². The molecule has 8 heteroatoms. The van der Waals surface area contributed by atoms with Gasteiger partial charge in [-0.05, 0) is 74.6 Å². The first-order valence-corrected chi connectivity index (χ1v) is 11.3. The second-order valence-electron chi connectivity index (χ2n) is 10.1. The largest absolute Gasteiger partial charge is 0.353 e. The highest BCUT2D eigenvalue weighted by molar-refractivity contribution is 5.83. The van der Waals surface area contributed by atoms with Gasteiger partial charge in [0.2, 0.25) is 5.91 Å². The molecule has 5 fully saturated rings. The molecule has 30 heavy (non-hydrogen) atoms. The molecule has 4 saturated carbocycles. The molecule has 1 amide bonds. The molecule has 4 aliphatic carbocycles. The van der Waals surface area contributed by atoms with Crippen LogP contribution in [0.3, 0.4) is 0 Å². The Hall–Kier alpha value is -2.51. The highest BCUT2D eigenvalue weighted by Crippen LogP contribution is 2.64. The van der Waals surface area contributed by atoms with Crippen molar-refractivity contribution < 1.29 is 4.79 Å². The predicted molar refractivity (Wildman–Crippen MR) is 111 cm³/mol. The lowest BCUT2D eigenvalue weighted by atomic mass is 9.46. The summed E-state index contributed by atoms with van der Waals surface area (Å²) in [6, 6.07) is 6.01. The topological polar surface area (TPSA) is 80.0 Å². The Morgan fingerprint density at radius 2 is 1.83 bits per heavy atom. The van der Waals surface area contributed by atoms with Gasteiger partial charge < -0.3 is 9.80 Å². The fourth-order valence-electron chi connectivity index (χ4n) is 7.20. The highest BCUT2D eigenvalue weighted by Gasteiger charge is 2.63. The number of carbonyl (C=O) groups is 1. The average molecular weight is 408 g/mol. The van der Waals surface area contributed by atoms with E-state index in [9.17, 15) is 4.79 Å². The Balaban J connectivity index is 1.23. The number of aromatic nitrogens is 5. The average Bonchev–Trinajstić information content (AvgIpc) is 3.20. The molecule has 8 nitrogen and oxygen atoms in total. The molecule has 158 valence electrons. The number of aryl methyl sites for hydroxylation is 1. The first-order valence-electron chi connectivity index (χ1n) is 11.3. The molecular weight excluding hydrogens is 378 g/mol. The van der Waals surface area contributed by atoms with Crippen molar-refractivity contribution in [2.75, 3.05) is 31.1 Å². The molecular formula is C22H29N7O. The SMILES string of the molecule is Cc1nnn(C23CC4CC(CC(C(=O)N5CCN(c6ccccn6)CC5)(C4)C2)C3)n1. The molecule has 0 spiro atoms. The Kier molecular flexibility index (Phi) is 3.95. The van der Waals surface area contributed by atoms with E-state index in [2.05, 4.69) is 30.2 Å². The second-order valence-corrected chi connectivity index (χ2v) is 10.1. The van der Waals surface area contributed by atoms with E-state index in [-0.39, 0.29) is 11.0 Å². The summed E-state index contributed by atoms with van der Waals surface area (Å²) in [6.45, 7) is 5.15. The van der Waals surface area contributed by atoms with Crippen molar-refractivity contribution >= 4 is 11.7 Å². The van der Waals surface area contributed by atoms with Crippen LogP contribution in [-0.2, 0) is 10.3 Å². The number of carbonyl (C=O) groups excluding carboxylic acids is 1. The number of tetrazole rings is 1. The Morgan fingerprint density at radius 3 is 2.47 bits per heavy atom. The van der Waals surface area contributed by atoms with E-state index < -0.39 is 0 Å². The van der Waals surface area contributed by atoms with Crippen molar-refractivity contribution in [3.05, 3.63) is 30.2 Å². The van der Waals surface area contributed by atoms with Gasteiger partial charge in [-0.15, -0.1) is 10.2 Å². The zero-order valence-corrected chi connectivity index (χ0v) is 17.6. The molecule has 2 unspecified atom stereocenters. The van der Waals surface area contributed by atoms with Crippen molar-refractivity contribution in [2.24, 2.45) is 17.3 Å². The van der Waals surface area contributed by atoms with E-state index in [0.717, 1.165) is 69.9 Å². The summed E-state index contributed by atoms with van der Waals surface area (Å²) in [6.07, 6.45) is 8.25. The summed E-state index contributed by atoms with van der Waals surface area (Å²) < 4.78 is 0. The van der Waals surface area contributed by atoms with E-state index in [1.807, 2.05) is 36.1 Å². The number of hydrogen-bond acceptors (Lipinski definition) is 6. The number of nitrogens with zero attached hydrogens (tertiary/aromatic N) is 7.